The summed E-state index contributed by atoms with van der Waals surface area (Å²) in [5, 5.41) is 6.60. The van der Waals surface area contributed by atoms with Crippen LogP contribution in [0.3, 0.4) is 0 Å². The molecule has 2 N–H and O–H groups in total. The summed E-state index contributed by atoms with van der Waals surface area (Å²) >= 11 is 39.8. The number of rotatable bonds is 7. The molecule has 4 bridgehead atoms. The summed E-state index contributed by atoms with van der Waals surface area (Å²) in [5.41, 5.74) is 0. The second kappa shape index (κ2) is 22.5. The molecular formula is C20H42Cl6N8O10P6. The molecule has 0 radical (unpaired) electrons. The molecule has 0 aromatic heterocycles. The molecule has 4 aliphatic heterocycles. The Balaban J connectivity index is 1.43. The van der Waals surface area contributed by atoms with E-state index in [-0.39, 0.29) is 52.9 Å². The highest BCUT2D eigenvalue weighted by Gasteiger charge is 2.38. The van der Waals surface area contributed by atoms with Gasteiger partial charge in [0.2, 0.25) is 0 Å². The molecule has 30 heteroatoms. The van der Waals surface area contributed by atoms with Crippen LogP contribution in [0.4, 0.5) is 0 Å². The van der Waals surface area contributed by atoms with E-state index in [2.05, 4.69) is 37.3 Å². The molecule has 0 amide bonds. The molecule has 4 aliphatic rings. The van der Waals surface area contributed by atoms with E-state index < -0.39 is 40.6 Å². The van der Waals surface area contributed by atoms with Crippen LogP contribution in [0.15, 0.2) is 27.1 Å². The molecule has 0 aromatic rings. The summed E-state index contributed by atoms with van der Waals surface area (Å²) in [5.74, 6) is -6.60. The first-order valence-corrected chi connectivity index (χ1v) is 30.7. The Hall–Kier alpha value is 2.64. The summed E-state index contributed by atoms with van der Waals surface area (Å²) in [6, 6.07) is 0. The Bertz CT molecular complexity index is 1340. The summed E-state index contributed by atoms with van der Waals surface area (Å²) in [4.78, 5) is 0. The van der Waals surface area contributed by atoms with Gasteiger partial charge in [-0.05, 0) is 80.3 Å². The number of hydrogen-bond donors (Lipinski definition) is 2. The Labute approximate surface area is 321 Å². The van der Waals surface area contributed by atoms with E-state index in [1.54, 1.807) is 0 Å². The minimum atomic E-state index is -3.34. The fourth-order valence-corrected chi connectivity index (χ4v) is 30.4. The first-order valence-electron chi connectivity index (χ1n) is 15.4. The van der Waals surface area contributed by atoms with E-state index in [9.17, 15) is 0 Å². The van der Waals surface area contributed by atoms with Crippen LogP contribution in [0.1, 0.15) is 12.8 Å². The zero-order valence-electron chi connectivity index (χ0n) is 26.9. The predicted molar refractivity (Wildman–Crippen MR) is 205 cm³/mol. The lowest BCUT2D eigenvalue weighted by atomic mass is 10.3. The van der Waals surface area contributed by atoms with Crippen LogP contribution in [0.2, 0.25) is 0 Å². The van der Waals surface area contributed by atoms with E-state index in [4.69, 9.17) is 114 Å². The van der Waals surface area contributed by atoms with E-state index in [1.165, 1.54) is 0 Å². The van der Waals surface area contributed by atoms with Crippen molar-refractivity contribution in [3.8, 4) is 0 Å². The summed E-state index contributed by atoms with van der Waals surface area (Å²) in [7, 11) is -6.46. The SMILES string of the molecule is ClP1(Cl)=NP2(Cl)=NP(NCCCCNP34=NP(Cl)(Cl)=NP(Cl)(=N3)OCCOCCOCCOCCO4)(=N1)OCCOCCOCCOCCO2. The third-order valence-corrected chi connectivity index (χ3v) is 28.2. The number of halogens is 6. The van der Waals surface area contributed by atoms with Gasteiger partial charge in [0.1, 0.15) is 0 Å². The van der Waals surface area contributed by atoms with Gasteiger partial charge in [-0.1, -0.05) is 0 Å². The van der Waals surface area contributed by atoms with Crippen LogP contribution >= 0.6 is 108 Å². The van der Waals surface area contributed by atoms with Crippen LogP contribution in [0, 0.1) is 0 Å². The van der Waals surface area contributed by atoms with E-state index in [0.29, 0.717) is 78.8 Å². The second-order valence-electron chi connectivity index (χ2n) is 10.0. The van der Waals surface area contributed by atoms with Gasteiger partial charge in [-0.3, -0.25) is 0 Å². The summed E-state index contributed by atoms with van der Waals surface area (Å²) in [6.45, 7) is -1.26. The van der Waals surface area contributed by atoms with Crippen molar-refractivity contribution in [3.63, 3.8) is 0 Å². The van der Waals surface area contributed by atoms with Crippen LogP contribution < -0.4 is 10.2 Å². The van der Waals surface area contributed by atoms with Crippen molar-refractivity contribution in [2.75, 3.05) is 119 Å². The van der Waals surface area contributed by atoms with Crippen molar-refractivity contribution in [1.29, 1.82) is 0 Å². The largest absolute Gasteiger partial charge is 0.377 e. The third-order valence-electron chi connectivity index (χ3n) is 6.05. The Morgan fingerprint density at radius 3 is 0.960 bits per heavy atom. The number of hydrogen-bond acceptors (Lipinski definition) is 18. The van der Waals surface area contributed by atoms with Gasteiger partial charge in [0.05, 0.1) is 106 Å². The number of unbranched alkanes of at least 4 members (excludes halogenated alkanes) is 1. The van der Waals surface area contributed by atoms with Crippen molar-refractivity contribution in [3.05, 3.63) is 0 Å². The average Bonchev–Trinajstić information content (AvgIpc) is 3.00. The van der Waals surface area contributed by atoms with Crippen LogP contribution in [0.5, 0.6) is 0 Å². The summed E-state index contributed by atoms with van der Waals surface area (Å²) in [6.07, 6.45) is 1.19. The molecule has 0 aliphatic carbocycles. The topological polar surface area (TPSA) is 191 Å². The molecule has 4 rings (SSSR count). The Kier molecular flexibility index (Phi) is 20.4. The van der Waals surface area contributed by atoms with E-state index in [1.807, 2.05) is 0 Å². The van der Waals surface area contributed by atoms with Crippen LogP contribution in [-0.2, 0) is 46.5 Å². The molecule has 0 saturated carbocycles. The normalized spacial score (nSPS) is 35.4. The predicted octanol–water partition coefficient (Wildman–Crippen LogP) is 10.3. The van der Waals surface area contributed by atoms with Gasteiger partial charge in [-0.25, -0.2) is 10.2 Å². The molecule has 4 unspecified atom stereocenters. The molecule has 4 atom stereocenters. The lowest BCUT2D eigenvalue weighted by molar-refractivity contribution is 0.00554. The number of nitrogens with zero attached hydrogens (tertiary/aromatic N) is 6. The number of ether oxygens (including phenoxy) is 6. The molecule has 294 valence electrons. The minimum absolute atomic E-state index is 0.114. The summed E-state index contributed by atoms with van der Waals surface area (Å²) < 4.78 is 84.3. The van der Waals surface area contributed by atoms with Crippen LogP contribution in [-0.4, -0.2) is 119 Å². The van der Waals surface area contributed by atoms with Gasteiger partial charge in [0, 0.05) is 13.1 Å². The standard InChI is InChI=1S/C20H42Cl6N8O10P6/c21-45(22)29-47(25)33-49(31-45,43-19-15-39-11-7-35-5-9-37-13-17-41-47)27-3-1-2-4-28-50-32-46(23,24)30-48(26,34-50)42-18-14-38-10-6-36-8-12-40-16-20-44-50/h27-28H,1-20H2. The highest BCUT2D eigenvalue weighted by molar-refractivity contribution is 8.15. The maximum Gasteiger partial charge on any atom is 0.300 e. The van der Waals surface area contributed by atoms with Crippen molar-refractivity contribution in [1.82, 2.24) is 10.2 Å². The lowest BCUT2D eigenvalue weighted by Gasteiger charge is -2.29. The molecule has 0 spiro atoms. The van der Waals surface area contributed by atoms with Crippen molar-refractivity contribution >= 4 is 108 Å². The average molecular weight is 953 g/mol. The van der Waals surface area contributed by atoms with Gasteiger partial charge in [0.25, 0.3) is 27.0 Å². The zero-order chi connectivity index (χ0) is 35.9. The van der Waals surface area contributed by atoms with Gasteiger partial charge in [0.15, 0.2) is 0 Å². The second-order valence-corrected chi connectivity index (χ2v) is 31.2. The third kappa shape index (κ3) is 17.0. The van der Waals surface area contributed by atoms with Crippen molar-refractivity contribution in [2.45, 2.75) is 12.8 Å². The molecule has 18 nitrogen and oxygen atoms in total. The molecule has 4 heterocycles. The van der Waals surface area contributed by atoms with Gasteiger partial charge < -0.3 is 46.5 Å². The fraction of sp³-hybridized carbons (Fsp3) is 1.00. The maximum absolute atomic E-state index is 6.78. The molecule has 0 aromatic carbocycles. The molecular weight excluding hydrogens is 911 g/mol. The van der Waals surface area contributed by atoms with E-state index in [0.717, 1.165) is 0 Å². The maximum atomic E-state index is 6.78. The van der Waals surface area contributed by atoms with Crippen molar-refractivity contribution in [2.24, 2.45) is 27.1 Å². The first-order chi connectivity index (χ1) is 23.9. The minimum Gasteiger partial charge on any atom is -0.377 e. The lowest BCUT2D eigenvalue weighted by Crippen LogP contribution is -2.19. The monoisotopic (exact) mass is 950 g/mol. The van der Waals surface area contributed by atoms with Gasteiger partial charge in [-0.15, -0.1) is 0 Å². The zero-order valence-corrected chi connectivity index (χ0v) is 36.8. The van der Waals surface area contributed by atoms with E-state index >= 15 is 0 Å². The fourth-order valence-electron chi connectivity index (χ4n) is 4.04. The molecule has 50 heavy (non-hydrogen) atoms. The quantitative estimate of drug-likeness (QED) is 0.182. The highest BCUT2D eigenvalue weighted by atomic mass is 35.9. The van der Waals surface area contributed by atoms with Crippen molar-refractivity contribution < 1.29 is 46.5 Å². The number of fused-ring (bicyclic) bond motifs is 2. The first kappa shape index (κ1) is 45.3. The molecule has 0 fully saturated rings. The highest BCUT2D eigenvalue weighted by Crippen LogP contribution is 2.84. The smallest absolute Gasteiger partial charge is 0.300 e. The molecule has 0 saturated heterocycles. The van der Waals surface area contributed by atoms with Crippen LogP contribution in [0.25, 0.3) is 0 Å². The van der Waals surface area contributed by atoms with Gasteiger partial charge in [-0.2, -0.15) is 27.1 Å². The Morgan fingerprint density at radius 1 is 0.360 bits per heavy atom. The Morgan fingerprint density at radius 2 is 0.640 bits per heavy atom. The number of nitrogens with one attached hydrogen (secondary N) is 2. The van der Waals surface area contributed by atoms with Gasteiger partial charge >= 0.3 is 13.6 Å².